The molecule has 21 heavy (non-hydrogen) atoms. The topological polar surface area (TPSA) is 65.5 Å². The normalized spacial score (nSPS) is 10.4. The molecule has 0 saturated carbocycles. The molecule has 0 amide bonds. The molecule has 2 heterocycles. The molecule has 0 aliphatic heterocycles. The summed E-state index contributed by atoms with van der Waals surface area (Å²) in [6.45, 7) is 6.68. The van der Waals surface area contributed by atoms with E-state index in [0.29, 0.717) is 12.1 Å². The van der Waals surface area contributed by atoms with Crippen molar-refractivity contribution in [2.45, 2.75) is 20.4 Å². The van der Waals surface area contributed by atoms with E-state index in [4.69, 9.17) is 5.11 Å². The minimum atomic E-state index is -0.886. The van der Waals surface area contributed by atoms with Gasteiger partial charge in [0, 0.05) is 29.9 Å². The third-order valence-corrected chi connectivity index (χ3v) is 4.14. The Kier molecular flexibility index (Phi) is 5.16. The predicted octanol–water partition coefficient (Wildman–Crippen LogP) is 3.30. The quantitative estimate of drug-likeness (QED) is 0.821. The van der Waals surface area contributed by atoms with Crippen molar-refractivity contribution >= 4 is 28.8 Å². The smallest absolute Gasteiger partial charge is 0.336 e. The number of pyridine rings is 1. The van der Waals surface area contributed by atoms with E-state index in [1.807, 2.05) is 12.1 Å². The molecular weight excluding hydrogens is 286 g/mol. The third kappa shape index (κ3) is 3.95. The Bertz CT molecular complexity index is 591. The van der Waals surface area contributed by atoms with Gasteiger partial charge in [0.1, 0.15) is 5.82 Å². The summed E-state index contributed by atoms with van der Waals surface area (Å²) in [6.07, 6.45) is 1.80. The van der Waals surface area contributed by atoms with Gasteiger partial charge in [0.2, 0.25) is 0 Å². The Morgan fingerprint density at radius 1 is 1.38 bits per heavy atom. The highest BCUT2D eigenvalue weighted by molar-refractivity contribution is 7.10. The number of carbonyl (C=O) groups is 1. The number of rotatable bonds is 7. The van der Waals surface area contributed by atoms with Crippen molar-refractivity contribution in [1.29, 1.82) is 0 Å². The van der Waals surface area contributed by atoms with Crippen LogP contribution < -0.4 is 10.2 Å². The number of carboxylic acids is 1. The van der Waals surface area contributed by atoms with Crippen LogP contribution in [0.25, 0.3) is 0 Å². The minimum absolute atomic E-state index is 0.340. The molecule has 2 N–H and O–H groups in total. The zero-order valence-corrected chi connectivity index (χ0v) is 13.0. The average Bonchev–Trinajstić information content (AvgIpc) is 2.97. The average molecular weight is 305 g/mol. The second kappa shape index (κ2) is 7.08. The van der Waals surface area contributed by atoms with Gasteiger partial charge < -0.3 is 15.3 Å². The van der Waals surface area contributed by atoms with Crippen molar-refractivity contribution in [1.82, 2.24) is 4.98 Å². The van der Waals surface area contributed by atoms with E-state index in [0.717, 1.165) is 29.5 Å². The molecule has 0 radical (unpaired) electrons. The lowest BCUT2D eigenvalue weighted by molar-refractivity contribution is 0.0697. The molecule has 0 atom stereocenters. The first-order valence-corrected chi connectivity index (χ1v) is 7.77. The van der Waals surface area contributed by atoms with Gasteiger partial charge in [-0.2, -0.15) is 0 Å². The molecule has 0 saturated heterocycles. The molecule has 0 aromatic carbocycles. The Hall–Kier alpha value is -2.08. The van der Waals surface area contributed by atoms with Gasteiger partial charge in [-0.3, -0.25) is 0 Å². The number of hydrogen-bond donors (Lipinski definition) is 2. The van der Waals surface area contributed by atoms with Crippen molar-refractivity contribution in [2.24, 2.45) is 0 Å². The van der Waals surface area contributed by atoms with E-state index >= 15 is 0 Å². The number of thiophene rings is 1. The Morgan fingerprint density at radius 2 is 2.14 bits per heavy atom. The SMILES string of the molecule is CCN(CC)c1ccc(NCc2cc(C(=O)O)cs2)cn1. The third-order valence-electron chi connectivity index (χ3n) is 3.20. The largest absolute Gasteiger partial charge is 0.478 e. The van der Waals surface area contributed by atoms with Crippen LogP contribution in [-0.4, -0.2) is 29.1 Å². The fourth-order valence-corrected chi connectivity index (χ4v) is 2.80. The highest BCUT2D eigenvalue weighted by Gasteiger charge is 2.07. The van der Waals surface area contributed by atoms with Crippen molar-refractivity contribution in [3.05, 3.63) is 40.2 Å². The standard InChI is InChI=1S/C15H19N3O2S/c1-3-18(4-2)14-6-5-12(8-17-14)16-9-13-7-11(10-21-13)15(19)20/h5-8,10,16H,3-4,9H2,1-2H3,(H,19,20). The van der Waals surface area contributed by atoms with Gasteiger partial charge in [0.15, 0.2) is 0 Å². The molecule has 0 fully saturated rings. The molecular formula is C15H19N3O2S. The van der Waals surface area contributed by atoms with Crippen molar-refractivity contribution in [2.75, 3.05) is 23.3 Å². The van der Waals surface area contributed by atoms with Crippen LogP contribution in [0.4, 0.5) is 11.5 Å². The van der Waals surface area contributed by atoms with Gasteiger partial charge >= 0.3 is 5.97 Å². The second-order valence-corrected chi connectivity index (χ2v) is 5.53. The molecule has 0 bridgehead atoms. The fraction of sp³-hybridized carbons (Fsp3) is 0.333. The maximum Gasteiger partial charge on any atom is 0.336 e. The molecule has 0 spiro atoms. The fourth-order valence-electron chi connectivity index (χ4n) is 2.00. The van der Waals surface area contributed by atoms with E-state index < -0.39 is 5.97 Å². The van der Waals surface area contributed by atoms with Gasteiger partial charge in [0.25, 0.3) is 0 Å². The van der Waals surface area contributed by atoms with E-state index in [-0.39, 0.29) is 0 Å². The number of aromatic carboxylic acids is 1. The van der Waals surface area contributed by atoms with Crippen LogP contribution in [0.3, 0.4) is 0 Å². The summed E-state index contributed by atoms with van der Waals surface area (Å²) in [5.41, 5.74) is 1.27. The number of hydrogen-bond acceptors (Lipinski definition) is 5. The summed E-state index contributed by atoms with van der Waals surface area (Å²) in [4.78, 5) is 18.4. The molecule has 112 valence electrons. The Labute approximate surface area is 128 Å². The first-order chi connectivity index (χ1) is 10.1. The summed E-state index contributed by atoms with van der Waals surface area (Å²) >= 11 is 1.44. The van der Waals surface area contributed by atoms with E-state index in [9.17, 15) is 4.79 Å². The van der Waals surface area contributed by atoms with Crippen LogP contribution >= 0.6 is 11.3 Å². The molecule has 2 aromatic rings. The molecule has 0 aliphatic rings. The van der Waals surface area contributed by atoms with Gasteiger partial charge in [0.05, 0.1) is 17.4 Å². The molecule has 2 aromatic heterocycles. The van der Waals surface area contributed by atoms with Crippen LogP contribution in [0.1, 0.15) is 29.1 Å². The molecule has 0 unspecified atom stereocenters. The van der Waals surface area contributed by atoms with Crippen LogP contribution in [-0.2, 0) is 6.54 Å². The predicted molar refractivity (Wildman–Crippen MR) is 86.4 cm³/mol. The molecule has 0 aliphatic carbocycles. The van der Waals surface area contributed by atoms with Gasteiger partial charge in [-0.15, -0.1) is 11.3 Å². The first-order valence-electron chi connectivity index (χ1n) is 6.89. The highest BCUT2D eigenvalue weighted by atomic mass is 32.1. The van der Waals surface area contributed by atoms with Gasteiger partial charge in [-0.1, -0.05) is 0 Å². The zero-order chi connectivity index (χ0) is 15.2. The lowest BCUT2D eigenvalue weighted by Gasteiger charge is -2.19. The summed E-state index contributed by atoms with van der Waals surface area (Å²) in [5.74, 6) is 0.0811. The molecule has 6 heteroatoms. The van der Waals surface area contributed by atoms with Crippen LogP contribution in [0, 0.1) is 0 Å². The summed E-state index contributed by atoms with van der Waals surface area (Å²) in [6, 6.07) is 5.68. The number of aromatic nitrogens is 1. The summed E-state index contributed by atoms with van der Waals surface area (Å²) < 4.78 is 0. The monoisotopic (exact) mass is 305 g/mol. The van der Waals surface area contributed by atoms with Gasteiger partial charge in [-0.25, -0.2) is 9.78 Å². The maximum atomic E-state index is 10.8. The van der Waals surface area contributed by atoms with Crippen LogP contribution in [0.15, 0.2) is 29.8 Å². The highest BCUT2D eigenvalue weighted by Crippen LogP contribution is 2.18. The van der Waals surface area contributed by atoms with Crippen LogP contribution in [0.5, 0.6) is 0 Å². The number of anilines is 2. The summed E-state index contributed by atoms with van der Waals surface area (Å²) in [7, 11) is 0. The van der Waals surface area contributed by atoms with E-state index in [2.05, 4.69) is 29.0 Å². The lowest BCUT2D eigenvalue weighted by atomic mass is 10.3. The van der Waals surface area contributed by atoms with Gasteiger partial charge in [-0.05, 0) is 32.0 Å². The van der Waals surface area contributed by atoms with Crippen LogP contribution in [0.2, 0.25) is 0 Å². The van der Waals surface area contributed by atoms with E-state index in [1.54, 1.807) is 17.6 Å². The minimum Gasteiger partial charge on any atom is -0.478 e. The van der Waals surface area contributed by atoms with Crippen molar-refractivity contribution < 1.29 is 9.90 Å². The number of carboxylic acid groups (broad SMARTS) is 1. The lowest BCUT2D eigenvalue weighted by Crippen LogP contribution is -2.22. The number of nitrogens with one attached hydrogen (secondary N) is 1. The van der Waals surface area contributed by atoms with E-state index in [1.165, 1.54) is 11.3 Å². The van der Waals surface area contributed by atoms with Crippen molar-refractivity contribution in [3.8, 4) is 0 Å². The first kappa shape index (κ1) is 15.3. The maximum absolute atomic E-state index is 10.8. The molecule has 2 rings (SSSR count). The van der Waals surface area contributed by atoms with Crippen molar-refractivity contribution in [3.63, 3.8) is 0 Å². The second-order valence-electron chi connectivity index (χ2n) is 4.54. The number of nitrogens with zero attached hydrogens (tertiary/aromatic N) is 2. The molecule has 5 nitrogen and oxygen atoms in total. The Balaban J connectivity index is 1.95. The zero-order valence-electron chi connectivity index (χ0n) is 12.2. The summed E-state index contributed by atoms with van der Waals surface area (Å²) in [5, 5.41) is 13.8. The Morgan fingerprint density at radius 3 is 2.67 bits per heavy atom.